The first-order valence-corrected chi connectivity index (χ1v) is 12.9. The predicted octanol–water partition coefficient (Wildman–Crippen LogP) is 5.58. The van der Waals surface area contributed by atoms with Crippen molar-refractivity contribution >= 4 is 39.6 Å². The number of halogens is 1. The predicted molar refractivity (Wildman–Crippen MR) is 133 cm³/mol. The average molecular weight is 539 g/mol. The van der Waals surface area contributed by atoms with Crippen molar-refractivity contribution in [3.8, 4) is 11.5 Å². The van der Waals surface area contributed by atoms with E-state index in [0.29, 0.717) is 40.5 Å². The smallest absolute Gasteiger partial charge is 0.338 e. The second-order valence-corrected chi connectivity index (χ2v) is 9.77. The van der Waals surface area contributed by atoms with E-state index in [9.17, 15) is 4.79 Å². The van der Waals surface area contributed by atoms with E-state index >= 15 is 0 Å². The van der Waals surface area contributed by atoms with E-state index in [0.717, 1.165) is 28.6 Å². The Morgan fingerprint density at radius 3 is 2.73 bits per heavy atom. The highest BCUT2D eigenvalue weighted by atomic mass is 79.9. The zero-order chi connectivity index (χ0) is 24.1. The molecule has 0 spiro atoms. The van der Waals surface area contributed by atoms with Gasteiger partial charge in [0, 0.05) is 11.4 Å². The van der Waals surface area contributed by atoms with Crippen molar-refractivity contribution in [2.45, 2.75) is 64.8 Å². The molecule has 0 fully saturated rings. The van der Waals surface area contributed by atoms with Crippen LogP contribution in [0.5, 0.6) is 11.5 Å². The van der Waals surface area contributed by atoms with E-state index in [-0.39, 0.29) is 6.10 Å². The van der Waals surface area contributed by atoms with Crippen molar-refractivity contribution in [1.82, 2.24) is 14.8 Å². The van der Waals surface area contributed by atoms with Crippen molar-refractivity contribution in [2.24, 2.45) is 0 Å². The number of anilines is 1. The number of nitrogens with one attached hydrogen (secondary N) is 1. The van der Waals surface area contributed by atoms with Crippen LogP contribution in [-0.4, -0.2) is 46.3 Å². The van der Waals surface area contributed by atoms with Crippen LogP contribution in [0.4, 0.5) is 5.95 Å². The number of allylic oxidation sites excluding steroid dienone is 1. The minimum Gasteiger partial charge on any atom is -0.493 e. The van der Waals surface area contributed by atoms with Crippen LogP contribution in [0, 0.1) is 0 Å². The lowest BCUT2D eigenvalue weighted by Gasteiger charge is -2.29. The van der Waals surface area contributed by atoms with Gasteiger partial charge in [-0.1, -0.05) is 25.1 Å². The molecular formula is C23H31BrN4O4S. The number of methoxy groups -OCH3 is 1. The number of carbonyl (C=O) groups excluding carboxylic acids is 1. The van der Waals surface area contributed by atoms with Gasteiger partial charge in [-0.3, -0.25) is 0 Å². The number of carbonyl (C=O) groups is 1. The molecule has 1 atom stereocenters. The summed E-state index contributed by atoms with van der Waals surface area (Å²) in [5.74, 6) is 2.29. The summed E-state index contributed by atoms with van der Waals surface area (Å²) in [5.41, 5.74) is 1.96. The fraction of sp³-hybridized carbons (Fsp3) is 0.522. The lowest BCUT2D eigenvalue weighted by molar-refractivity contribution is -0.143. The number of benzene rings is 1. The van der Waals surface area contributed by atoms with Crippen LogP contribution in [-0.2, 0) is 9.53 Å². The minimum absolute atomic E-state index is 0.252. The van der Waals surface area contributed by atoms with Gasteiger partial charge in [0.1, 0.15) is 6.04 Å². The van der Waals surface area contributed by atoms with Crippen molar-refractivity contribution < 1.29 is 19.0 Å². The third-order valence-corrected chi connectivity index (χ3v) is 6.49. The molecular weight excluding hydrogens is 508 g/mol. The van der Waals surface area contributed by atoms with Crippen molar-refractivity contribution in [3.63, 3.8) is 0 Å². The van der Waals surface area contributed by atoms with Crippen molar-refractivity contribution in [1.29, 1.82) is 0 Å². The van der Waals surface area contributed by atoms with E-state index in [4.69, 9.17) is 19.3 Å². The summed E-state index contributed by atoms with van der Waals surface area (Å²) in [6.07, 6.45) is 1.93. The number of hydrogen-bond acceptors (Lipinski definition) is 8. The van der Waals surface area contributed by atoms with Gasteiger partial charge in [0.25, 0.3) is 0 Å². The highest BCUT2D eigenvalue weighted by Crippen LogP contribution is 2.43. The molecule has 1 aromatic carbocycles. The summed E-state index contributed by atoms with van der Waals surface area (Å²) in [4.78, 5) is 17.8. The van der Waals surface area contributed by atoms with Crippen LogP contribution in [0.25, 0.3) is 0 Å². The third kappa shape index (κ3) is 5.66. The second kappa shape index (κ2) is 11.3. The van der Waals surface area contributed by atoms with Crippen LogP contribution in [0.2, 0.25) is 0 Å². The molecule has 2 aromatic rings. The monoisotopic (exact) mass is 538 g/mol. The number of fused-ring (bicyclic) bond motifs is 1. The highest BCUT2D eigenvalue weighted by Gasteiger charge is 2.36. The van der Waals surface area contributed by atoms with Crippen LogP contribution < -0.4 is 14.8 Å². The Morgan fingerprint density at radius 1 is 1.33 bits per heavy atom. The number of aromatic nitrogens is 3. The normalized spacial score (nSPS) is 15.3. The Labute approximate surface area is 207 Å². The Balaban J connectivity index is 2.13. The number of esters is 1. The second-order valence-electron chi connectivity index (χ2n) is 7.85. The van der Waals surface area contributed by atoms with E-state index in [1.165, 1.54) is 0 Å². The maximum absolute atomic E-state index is 13.2. The van der Waals surface area contributed by atoms with E-state index < -0.39 is 12.0 Å². The molecule has 1 N–H and O–H groups in total. The van der Waals surface area contributed by atoms with E-state index in [1.54, 1.807) is 23.6 Å². The summed E-state index contributed by atoms with van der Waals surface area (Å²) in [5, 5.41) is 8.65. The first-order valence-electron chi connectivity index (χ1n) is 11.1. The molecule has 0 amide bonds. The van der Waals surface area contributed by atoms with Gasteiger partial charge in [-0.05, 0) is 67.7 Å². The number of thioether (sulfide) groups is 1. The maximum Gasteiger partial charge on any atom is 0.338 e. The summed E-state index contributed by atoms with van der Waals surface area (Å²) >= 11 is 5.21. The molecule has 180 valence electrons. The number of unbranched alkanes of at least 4 members (excludes halogenated alkanes) is 1. The molecule has 1 aliphatic rings. The molecule has 0 saturated carbocycles. The number of nitrogens with zero attached hydrogens (tertiary/aromatic N) is 3. The van der Waals surface area contributed by atoms with Gasteiger partial charge in [-0.2, -0.15) is 4.98 Å². The molecule has 1 aliphatic heterocycles. The van der Waals surface area contributed by atoms with Crippen molar-refractivity contribution in [2.75, 3.05) is 24.8 Å². The Kier molecular flexibility index (Phi) is 8.69. The first-order chi connectivity index (χ1) is 15.8. The Morgan fingerprint density at radius 2 is 2.09 bits per heavy atom. The van der Waals surface area contributed by atoms with Gasteiger partial charge in [-0.15, -0.1) is 5.10 Å². The molecule has 33 heavy (non-hydrogen) atoms. The molecule has 1 aromatic heterocycles. The molecule has 8 nitrogen and oxygen atoms in total. The number of ether oxygens (including phenoxy) is 3. The fourth-order valence-electron chi connectivity index (χ4n) is 3.53. The number of hydrogen-bond donors (Lipinski definition) is 1. The van der Waals surface area contributed by atoms with Gasteiger partial charge in [-0.25, -0.2) is 9.48 Å². The quantitative estimate of drug-likeness (QED) is 0.238. The topological polar surface area (TPSA) is 87.5 Å². The molecule has 0 saturated heterocycles. The van der Waals surface area contributed by atoms with Crippen LogP contribution in [0.1, 0.15) is 59.1 Å². The SMILES string of the molecule is CCCCSc1nc2n(n1)C(c1cc(Br)c(OCC)c(OC)c1)C(C(=O)OC(C)C)=C(C)N2. The standard InChI is InChI=1S/C23H31BrN4O4S/c1-7-9-10-33-23-26-22-25-14(5)18(21(29)32-13(3)4)19(28(22)27-23)15-11-16(24)20(31-8-2)17(12-15)30-6/h11-13,19H,7-10H2,1-6H3,(H,25,26,27). The fourth-order valence-corrected chi connectivity index (χ4v) is 5.02. The Hall–Kier alpha value is -2.20. The van der Waals surface area contributed by atoms with Gasteiger partial charge in [0.05, 0.1) is 29.9 Å². The first kappa shape index (κ1) is 25.4. The van der Waals surface area contributed by atoms with Crippen molar-refractivity contribution in [3.05, 3.63) is 33.4 Å². The lowest BCUT2D eigenvalue weighted by atomic mass is 9.95. The molecule has 10 heteroatoms. The summed E-state index contributed by atoms with van der Waals surface area (Å²) < 4.78 is 19.4. The zero-order valence-corrected chi connectivity index (χ0v) is 22.3. The van der Waals surface area contributed by atoms with Crippen LogP contribution >= 0.6 is 27.7 Å². The largest absolute Gasteiger partial charge is 0.493 e. The summed E-state index contributed by atoms with van der Waals surface area (Å²) in [6.45, 7) is 10.1. The van der Waals surface area contributed by atoms with E-state index in [1.807, 2.05) is 39.8 Å². The van der Waals surface area contributed by atoms with Crippen LogP contribution in [0.15, 0.2) is 33.0 Å². The average Bonchev–Trinajstić information content (AvgIpc) is 3.15. The molecule has 1 unspecified atom stereocenters. The molecule has 2 heterocycles. The molecule has 3 rings (SSSR count). The van der Waals surface area contributed by atoms with Gasteiger partial charge >= 0.3 is 5.97 Å². The molecule has 0 bridgehead atoms. The number of rotatable bonds is 10. The molecule has 0 radical (unpaired) electrons. The third-order valence-electron chi connectivity index (χ3n) is 4.98. The maximum atomic E-state index is 13.2. The summed E-state index contributed by atoms with van der Waals surface area (Å²) in [6, 6.07) is 3.26. The molecule has 0 aliphatic carbocycles. The zero-order valence-electron chi connectivity index (χ0n) is 19.9. The minimum atomic E-state index is -0.540. The van der Waals surface area contributed by atoms with Gasteiger partial charge < -0.3 is 19.5 Å². The highest BCUT2D eigenvalue weighted by molar-refractivity contribution is 9.10. The van der Waals surface area contributed by atoms with E-state index in [2.05, 4.69) is 33.2 Å². The van der Waals surface area contributed by atoms with Gasteiger partial charge in [0.2, 0.25) is 11.1 Å². The van der Waals surface area contributed by atoms with Gasteiger partial charge in [0.15, 0.2) is 11.5 Å². The van der Waals surface area contributed by atoms with Crippen LogP contribution in [0.3, 0.4) is 0 Å². The lowest BCUT2D eigenvalue weighted by Crippen LogP contribution is -2.30. The summed E-state index contributed by atoms with van der Waals surface area (Å²) in [7, 11) is 1.59. The Bertz CT molecular complexity index is 1040.